The van der Waals surface area contributed by atoms with Crippen LogP contribution in [0.5, 0.6) is 0 Å². The molecule has 0 aliphatic carbocycles. The molecule has 3 atom stereocenters. The number of amides is 1. The molecule has 0 radical (unpaired) electrons. The summed E-state index contributed by atoms with van der Waals surface area (Å²) in [6.07, 6.45) is 79.2. The van der Waals surface area contributed by atoms with Crippen LogP contribution in [-0.2, 0) is 18.4 Å². The van der Waals surface area contributed by atoms with Gasteiger partial charge in [-0.25, -0.2) is 0 Å². The van der Waals surface area contributed by atoms with Crippen molar-refractivity contribution >= 4 is 13.7 Å². The monoisotopic (exact) mass is 1000 g/mol. The first-order valence-electron chi connectivity index (χ1n) is 27.7. The number of allylic oxidation sites excluding steroid dienone is 23. The average molecular weight is 1000 g/mol. The molecular formula is C62H103N2O6P. The lowest BCUT2D eigenvalue weighted by atomic mass is 10.1. The molecule has 0 spiro atoms. The third kappa shape index (κ3) is 54.0. The minimum atomic E-state index is -4.62. The molecule has 0 heterocycles. The molecule has 1 amide bonds. The van der Waals surface area contributed by atoms with Crippen LogP contribution in [0.3, 0.4) is 0 Å². The Morgan fingerprint density at radius 1 is 0.507 bits per heavy atom. The largest absolute Gasteiger partial charge is 0.756 e. The number of carbonyl (C=O) groups excluding carboxylic acids is 1. The predicted molar refractivity (Wildman–Crippen MR) is 306 cm³/mol. The van der Waals surface area contributed by atoms with Gasteiger partial charge in [-0.05, 0) is 116 Å². The topological polar surface area (TPSA) is 108 Å². The van der Waals surface area contributed by atoms with Crippen molar-refractivity contribution in [2.75, 3.05) is 40.9 Å². The molecule has 0 aliphatic rings. The molecule has 0 saturated heterocycles. The van der Waals surface area contributed by atoms with E-state index in [9.17, 15) is 19.4 Å². The minimum absolute atomic E-state index is 0.0217. The van der Waals surface area contributed by atoms with E-state index in [2.05, 4.69) is 153 Å². The highest BCUT2D eigenvalue weighted by molar-refractivity contribution is 7.45. The summed E-state index contributed by atoms with van der Waals surface area (Å²) < 4.78 is 23.3. The summed E-state index contributed by atoms with van der Waals surface area (Å²) in [6, 6.07) is -0.932. The Bertz CT molecular complexity index is 1660. The molecule has 0 bridgehead atoms. The fraction of sp³-hybridized carbons (Fsp3) is 0.597. The van der Waals surface area contributed by atoms with Crippen molar-refractivity contribution in [1.29, 1.82) is 0 Å². The van der Waals surface area contributed by atoms with E-state index in [1.54, 1.807) is 6.08 Å². The van der Waals surface area contributed by atoms with E-state index in [4.69, 9.17) is 9.05 Å². The third-order valence-corrected chi connectivity index (χ3v) is 12.2. The molecule has 0 fully saturated rings. The molecule has 9 heteroatoms. The molecule has 0 rings (SSSR count). The maximum atomic E-state index is 12.9. The first-order valence-corrected chi connectivity index (χ1v) is 29.2. The number of hydrogen-bond donors (Lipinski definition) is 2. The molecule has 402 valence electrons. The number of unbranched alkanes of at least 4 members (excludes halogenated alkanes) is 13. The lowest BCUT2D eigenvalue weighted by molar-refractivity contribution is -0.870. The van der Waals surface area contributed by atoms with E-state index in [1.165, 1.54) is 38.5 Å². The van der Waals surface area contributed by atoms with Crippen molar-refractivity contribution in [1.82, 2.24) is 5.32 Å². The zero-order valence-electron chi connectivity index (χ0n) is 45.6. The number of quaternary nitrogens is 1. The van der Waals surface area contributed by atoms with Gasteiger partial charge in [0.15, 0.2) is 0 Å². The summed E-state index contributed by atoms with van der Waals surface area (Å²) in [5.74, 6) is -0.238. The molecule has 2 N–H and O–H groups in total. The van der Waals surface area contributed by atoms with Gasteiger partial charge in [0.2, 0.25) is 5.91 Å². The smallest absolute Gasteiger partial charge is 0.268 e. The second-order valence-electron chi connectivity index (χ2n) is 19.2. The summed E-state index contributed by atoms with van der Waals surface area (Å²) >= 11 is 0. The van der Waals surface area contributed by atoms with Crippen molar-refractivity contribution in [2.45, 2.75) is 199 Å². The number of aliphatic hydroxyl groups excluding tert-OH is 1. The van der Waals surface area contributed by atoms with Gasteiger partial charge in [-0.15, -0.1) is 0 Å². The van der Waals surface area contributed by atoms with Gasteiger partial charge >= 0.3 is 0 Å². The van der Waals surface area contributed by atoms with Crippen molar-refractivity contribution in [2.24, 2.45) is 0 Å². The fourth-order valence-electron chi connectivity index (χ4n) is 6.94. The molecule has 8 nitrogen and oxygen atoms in total. The van der Waals surface area contributed by atoms with Gasteiger partial charge in [-0.1, -0.05) is 211 Å². The van der Waals surface area contributed by atoms with Crippen LogP contribution in [0.25, 0.3) is 0 Å². The number of hydrogen-bond acceptors (Lipinski definition) is 6. The summed E-state index contributed by atoms with van der Waals surface area (Å²) in [6.45, 7) is 4.45. The maximum Gasteiger partial charge on any atom is 0.268 e. The number of nitrogens with zero attached hydrogens (tertiary/aromatic N) is 1. The molecule has 3 unspecified atom stereocenters. The third-order valence-electron chi connectivity index (χ3n) is 11.3. The highest BCUT2D eigenvalue weighted by Gasteiger charge is 2.23. The minimum Gasteiger partial charge on any atom is -0.756 e. The second-order valence-corrected chi connectivity index (χ2v) is 20.6. The number of carbonyl (C=O) groups is 1. The lowest BCUT2D eigenvalue weighted by Crippen LogP contribution is -2.45. The number of likely N-dealkylation sites (N-methyl/N-ethyl adjacent to an activating group) is 1. The Hall–Kier alpha value is -3.62. The standard InChI is InChI=1S/C62H103N2O6P/c1-6-8-10-12-14-16-18-20-22-24-25-26-27-28-29-30-31-32-33-34-35-36-37-38-39-40-42-44-46-48-50-52-54-56-62(66)63-60(59-70-71(67,68)69-58-57-64(3,4)5)61(65)55-53-51-49-47-45-43-41-23-21-19-17-15-13-11-9-7-2/h8,10,14,16,20-23,25-26,28-29,31-32,34-35,37-38,40,42,45,47,53,55,60-61,65H,6-7,9,11-13,15,17-19,24,27,30,33,36,39,41,43-44,46,48-52,54,56-59H2,1-5H3,(H-,63,66,67,68)/b10-8-,16-14-,22-20-,23-21+,26-25-,29-28-,32-31-,35-34-,38-37-,42-40-,47-45+,55-53+. The Balaban J connectivity index is 4.34. The van der Waals surface area contributed by atoms with Gasteiger partial charge in [0.1, 0.15) is 13.2 Å². The molecule has 0 aliphatic heterocycles. The Labute approximate surface area is 436 Å². The summed E-state index contributed by atoms with van der Waals surface area (Å²) in [5, 5.41) is 13.8. The first kappa shape index (κ1) is 67.4. The zero-order valence-corrected chi connectivity index (χ0v) is 46.5. The SMILES string of the molecule is CC/C=C\C/C=C\C/C=C\C/C=C\C/C=C\C/C=C\C/C=C\C/C=C\C/C=C\CCCCCCCC(=O)NC(COP(=O)([O-])OCC[N+](C)(C)C)C(O)/C=C/CC/C=C/CC/C=C/CCCCCCCC. The molecular weight excluding hydrogens is 900 g/mol. The van der Waals surface area contributed by atoms with Gasteiger partial charge in [-0.2, -0.15) is 0 Å². The maximum absolute atomic E-state index is 12.9. The predicted octanol–water partition coefficient (Wildman–Crippen LogP) is 16.3. The first-order chi connectivity index (χ1) is 34.5. The highest BCUT2D eigenvalue weighted by atomic mass is 31.2. The number of rotatable bonds is 48. The fourth-order valence-corrected chi connectivity index (χ4v) is 7.66. The van der Waals surface area contributed by atoms with E-state index in [-0.39, 0.29) is 12.5 Å². The van der Waals surface area contributed by atoms with Crippen LogP contribution in [0, 0.1) is 0 Å². The molecule has 0 saturated carbocycles. The Morgan fingerprint density at radius 3 is 1.31 bits per heavy atom. The van der Waals surface area contributed by atoms with Crippen LogP contribution >= 0.6 is 7.82 Å². The zero-order chi connectivity index (χ0) is 52.0. The number of nitrogens with one attached hydrogen (secondary N) is 1. The number of phosphoric acid groups is 1. The number of phosphoric ester groups is 1. The second kappa shape index (κ2) is 51.3. The van der Waals surface area contributed by atoms with Crippen molar-refractivity contribution in [3.63, 3.8) is 0 Å². The van der Waals surface area contributed by atoms with Gasteiger partial charge in [-0.3, -0.25) is 9.36 Å². The van der Waals surface area contributed by atoms with Crippen LogP contribution in [-0.4, -0.2) is 68.5 Å². The van der Waals surface area contributed by atoms with Crippen LogP contribution < -0.4 is 10.2 Å². The highest BCUT2D eigenvalue weighted by Crippen LogP contribution is 2.38. The molecule has 0 aromatic heterocycles. The quantitative estimate of drug-likeness (QED) is 0.0272. The Morgan fingerprint density at radius 2 is 0.873 bits per heavy atom. The van der Waals surface area contributed by atoms with Crippen molar-refractivity contribution in [3.8, 4) is 0 Å². The molecule has 0 aromatic rings. The molecule has 71 heavy (non-hydrogen) atoms. The summed E-state index contributed by atoms with van der Waals surface area (Å²) in [7, 11) is 1.19. The van der Waals surface area contributed by atoms with Crippen molar-refractivity contribution < 1.29 is 32.9 Å². The Kier molecular flexibility index (Phi) is 48.7. The van der Waals surface area contributed by atoms with E-state index < -0.39 is 26.6 Å². The van der Waals surface area contributed by atoms with Crippen LogP contribution in [0.1, 0.15) is 187 Å². The van der Waals surface area contributed by atoms with Gasteiger partial charge in [0.25, 0.3) is 7.82 Å². The molecule has 0 aromatic carbocycles. The van der Waals surface area contributed by atoms with E-state index in [0.29, 0.717) is 17.4 Å². The number of aliphatic hydroxyl groups is 1. The van der Waals surface area contributed by atoms with E-state index in [0.717, 1.165) is 128 Å². The van der Waals surface area contributed by atoms with Crippen molar-refractivity contribution in [3.05, 3.63) is 146 Å². The van der Waals surface area contributed by atoms with Gasteiger partial charge in [0.05, 0.1) is 39.9 Å². The summed E-state index contributed by atoms with van der Waals surface area (Å²) in [5.41, 5.74) is 0. The average Bonchev–Trinajstić information content (AvgIpc) is 3.33. The van der Waals surface area contributed by atoms with Gasteiger partial charge in [0, 0.05) is 6.42 Å². The lowest BCUT2D eigenvalue weighted by Gasteiger charge is -2.29. The van der Waals surface area contributed by atoms with Crippen LogP contribution in [0.15, 0.2) is 146 Å². The van der Waals surface area contributed by atoms with E-state index in [1.807, 2.05) is 27.2 Å². The summed E-state index contributed by atoms with van der Waals surface area (Å²) in [4.78, 5) is 25.4. The van der Waals surface area contributed by atoms with Crippen LogP contribution in [0.2, 0.25) is 0 Å². The van der Waals surface area contributed by atoms with Gasteiger partial charge < -0.3 is 28.8 Å². The van der Waals surface area contributed by atoms with Crippen LogP contribution in [0.4, 0.5) is 0 Å². The van der Waals surface area contributed by atoms with E-state index >= 15 is 0 Å². The normalized spacial score (nSPS) is 15.1.